The first kappa shape index (κ1) is 32.0. The zero-order valence-electron chi connectivity index (χ0n) is 24.1. The van der Waals surface area contributed by atoms with Crippen molar-refractivity contribution in [1.29, 1.82) is 0 Å². The maximum absolute atomic E-state index is 14.1. The van der Waals surface area contributed by atoms with Gasteiger partial charge in [0.05, 0.1) is 17.7 Å². The number of nitrogens with zero attached hydrogens (tertiary/aromatic N) is 2. The van der Waals surface area contributed by atoms with E-state index in [1.165, 1.54) is 17.0 Å². The van der Waals surface area contributed by atoms with E-state index in [9.17, 15) is 18.0 Å². The molecule has 0 bridgehead atoms. The number of ether oxygens (including phenoxy) is 1. The number of hydrogen-bond acceptors (Lipinski definition) is 5. The van der Waals surface area contributed by atoms with Gasteiger partial charge in [0.25, 0.3) is 10.0 Å². The number of carbonyl (C=O) groups excluding carboxylic acids is 2. The Balaban J connectivity index is 2.05. The number of rotatable bonds is 13. The van der Waals surface area contributed by atoms with Gasteiger partial charge >= 0.3 is 0 Å². The number of anilines is 1. The standard InChI is InChI=1S/C31H38ClN3O5S/c1-6-23(4)33-31(37)29(7-2)34(20-24-10-16-27(40-5)17-11-24)30(36)21-35(26-14-12-25(32)13-15-26)41(38,39)28-18-8-22(3)9-19-28/h8-19,23,29H,6-7,20-21H2,1-5H3,(H,33,37)/t23-,29-/m0/s1. The minimum absolute atomic E-state index is 0.0501. The summed E-state index contributed by atoms with van der Waals surface area (Å²) in [4.78, 5) is 29.0. The average Bonchev–Trinajstić information content (AvgIpc) is 2.96. The fourth-order valence-electron chi connectivity index (χ4n) is 4.26. The van der Waals surface area contributed by atoms with E-state index in [0.717, 1.165) is 21.9 Å². The second-order valence-electron chi connectivity index (χ2n) is 9.91. The minimum atomic E-state index is -4.14. The van der Waals surface area contributed by atoms with E-state index in [1.54, 1.807) is 55.6 Å². The molecule has 41 heavy (non-hydrogen) atoms. The zero-order valence-corrected chi connectivity index (χ0v) is 25.7. The van der Waals surface area contributed by atoms with Crippen molar-refractivity contribution in [2.24, 2.45) is 0 Å². The summed E-state index contributed by atoms with van der Waals surface area (Å²) in [5, 5.41) is 3.41. The van der Waals surface area contributed by atoms with Crippen molar-refractivity contribution in [2.75, 3.05) is 18.0 Å². The fraction of sp³-hybridized carbons (Fsp3) is 0.355. The Morgan fingerprint density at radius 3 is 2.07 bits per heavy atom. The molecule has 0 spiro atoms. The summed E-state index contributed by atoms with van der Waals surface area (Å²) in [5.74, 6) is -0.146. The van der Waals surface area contributed by atoms with E-state index in [-0.39, 0.29) is 29.1 Å². The number of sulfonamides is 1. The molecule has 0 heterocycles. The maximum atomic E-state index is 14.1. The number of methoxy groups -OCH3 is 1. The zero-order chi connectivity index (χ0) is 30.2. The number of benzene rings is 3. The van der Waals surface area contributed by atoms with E-state index in [1.807, 2.05) is 39.8 Å². The van der Waals surface area contributed by atoms with Gasteiger partial charge in [0.15, 0.2) is 0 Å². The van der Waals surface area contributed by atoms with E-state index < -0.39 is 28.5 Å². The molecule has 3 aromatic rings. The lowest BCUT2D eigenvalue weighted by Crippen LogP contribution is -2.53. The van der Waals surface area contributed by atoms with Crippen LogP contribution in [0.5, 0.6) is 5.75 Å². The Kier molecular flexibility index (Phi) is 11.2. The highest BCUT2D eigenvalue weighted by molar-refractivity contribution is 7.92. The van der Waals surface area contributed by atoms with Gasteiger partial charge in [-0.05, 0) is 80.8 Å². The van der Waals surface area contributed by atoms with Crippen molar-refractivity contribution in [3.63, 3.8) is 0 Å². The lowest BCUT2D eigenvalue weighted by molar-refractivity contribution is -0.140. The van der Waals surface area contributed by atoms with E-state index in [0.29, 0.717) is 17.2 Å². The molecular formula is C31H38ClN3O5S. The highest BCUT2D eigenvalue weighted by Gasteiger charge is 2.34. The monoisotopic (exact) mass is 599 g/mol. The summed E-state index contributed by atoms with van der Waals surface area (Å²) in [7, 11) is -2.58. The van der Waals surface area contributed by atoms with Crippen molar-refractivity contribution in [3.8, 4) is 5.75 Å². The largest absolute Gasteiger partial charge is 0.497 e. The third kappa shape index (κ3) is 8.24. The molecule has 0 fully saturated rings. The molecule has 2 atom stereocenters. The van der Waals surface area contributed by atoms with Gasteiger partial charge in [0, 0.05) is 17.6 Å². The van der Waals surface area contributed by atoms with Crippen LogP contribution in [0.1, 0.15) is 44.7 Å². The smallest absolute Gasteiger partial charge is 0.264 e. The van der Waals surface area contributed by atoms with Crippen LogP contribution in [0.25, 0.3) is 0 Å². The van der Waals surface area contributed by atoms with Crippen molar-refractivity contribution >= 4 is 39.1 Å². The van der Waals surface area contributed by atoms with Crippen molar-refractivity contribution in [2.45, 2.75) is 64.1 Å². The predicted molar refractivity (Wildman–Crippen MR) is 163 cm³/mol. The summed E-state index contributed by atoms with van der Waals surface area (Å²) in [6, 6.07) is 19.0. The summed E-state index contributed by atoms with van der Waals surface area (Å²) >= 11 is 6.09. The number of aryl methyl sites for hydroxylation is 1. The van der Waals surface area contributed by atoms with Crippen molar-refractivity contribution in [3.05, 3.63) is 88.9 Å². The van der Waals surface area contributed by atoms with Crippen LogP contribution in [0.4, 0.5) is 5.69 Å². The van der Waals surface area contributed by atoms with Crippen LogP contribution < -0.4 is 14.4 Å². The molecule has 1 N–H and O–H groups in total. The maximum Gasteiger partial charge on any atom is 0.264 e. The number of amides is 2. The Bertz CT molecular complexity index is 1410. The third-order valence-corrected chi connectivity index (χ3v) is 8.94. The predicted octanol–water partition coefficient (Wildman–Crippen LogP) is 5.57. The highest BCUT2D eigenvalue weighted by atomic mass is 35.5. The van der Waals surface area contributed by atoms with Gasteiger partial charge in [-0.3, -0.25) is 13.9 Å². The topological polar surface area (TPSA) is 96.0 Å². The van der Waals surface area contributed by atoms with Gasteiger partial charge in [0.1, 0.15) is 18.3 Å². The quantitative estimate of drug-likeness (QED) is 0.277. The second kappa shape index (κ2) is 14.4. The fourth-order valence-corrected chi connectivity index (χ4v) is 5.80. The van der Waals surface area contributed by atoms with Crippen LogP contribution in [-0.2, 0) is 26.2 Å². The van der Waals surface area contributed by atoms with E-state index in [4.69, 9.17) is 16.3 Å². The Labute approximate surface area is 248 Å². The number of halogens is 1. The lowest BCUT2D eigenvalue weighted by Gasteiger charge is -2.33. The Hall–Kier alpha value is -3.56. The molecule has 3 aromatic carbocycles. The number of nitrogens with one attached hydrogen (secondary N) is 1. The molecule has 8 nitrogen and oxygen atoms in total. The molecule has 0 aliphatic heterocycles. The molecule has 0 radical (unpaired) electrons. The third-order valence-electron chi connectivity index (χ3n) is 6.90. The first-order valence-electron chi connectivity index (χ1n) is 13.6. The molecule has 0 aliphatic carbocycles. The Morgan fingerprint density at radius 1 is 0.927 bits per heavy atom. The van der Waals surface area contributed by atoms with Crippen LogP contribution in [0.3, 0.4) is 0 Å². The van der Waals surface area contributed by atoms with Gasteiger partial charge in [-0.15, -0.1) is 0 Å². The van der Waals surface area contributed by atoms with Gasteiger partial charge < -0.3 is 15.0 Å². The molecule has 0 unspecified atom stereocenters. The van der Waals surface area contributed by atoms with Crippen LogP contribution >= 0.6 is 11.6 Å². The van der Waals surface area contributed by atoms with Gasteiger partial charge in [0.2, 0.25) is 11.8 Å². The molecule has 2 amide bonds. The second-order valence-corrected chi connectivity index (χ2v) is 12.2. The average molecular weight is 600 g/mol. The first-order valence-corrected chi connectivity index (χ1v) is 15.4. The first-order chi connectivity index (χ1) is 19.5. The number of hydrogen-bond donors (Lipinski definition) is 1. The minimum Gasteiger partial charge on any atom is -0.497 e. The molecule has 0 aliphatic rings. The molecular weight excluding hydrogens is 562 g/mol. The van der Waals surface area contributed by atoms with Crippen LogP contribution in [0, 0.1) is 6.92 Å². The van der Waals surface area contributed by atoms with Crippen LogP contribution in [0.2, 0.25) is 5.02 Å². The van der Waals surface area contributed by atoms with Gasteiger partial charge in [-0.25, -0.2) is 8.42 Å². The normalized spacial score (nSPS) is 12.7. The summed E-state index contributed by atoms with van der Waals surface area (Å²) in [6.07, 6.45) is 1.07. The number of carbonyl (C=O) groups is 2. The van der Waals surface area contributed by atoms with Crippen molar-refractivity contribution in [1.82, 2.24) is 10.2 Å². The molecule has 220 valence electrons. The molecule has 0 saturated heterocycles. The van der Waals surface area contributed by atoms with Crippen LogP contribution in [0.15, 0.2) is 77.7 Å². The SMILES string of the molecule is CC[C@H](C)NC(=O)[C@H](CC)N(Cc1ccc(OC)cc1)C(=O)CN(c1ccc(Cl)cc1)S(=O)(=O)c1ccc(C)cc1. The Morgan fingerprint density at radius 2 is 1.54 bits per heavy atom. The lowest BCUT2D eigenvalue weighted by atomic mass is 10.1. The summed E-state index contributed by atoms with van der Waals surface area (Å²) in [5.41, 5.74) is 1.96. The van der Waals surface area contributed by atoms with Gasteiger partial charge in [-0.1, -0.05) is 55.3 Å². The van der Waals surface area contributed by atoms with E-state index >= 15 is 0 Å². The molecule has 0 aromatic heterocycles. The van der Waals surface area contributed by atoms with Crippen molar-refractivity contribution < 1.29 is 22.7 Å². The summed E-state index contributed by atoms with van der Waals surface area (Å²) in [6.45, 7) is 7.15. The molecule has 10 heteroatoms. The molecule has 3 rings (SSSR count). The molecule has 0 saturated carbocycles. The highest BCUT2D eigenvalue weighted by Crippen LogP contribution is 2.26. The van der Waals surface area contributed by atoms with Gasteiger partial charge in [-0.2, -0.15) is 0 Å². The summed E-state index contributed by atoms with van der Waals surface area (Å²) < 4.78 is 34.1. The van der Waals surface area contributed by atoms with Crippen LogP contribution in [-0.4, -0.2) is 50.9 Å². The van der Waals surface area contributed by atoms with E-state index in [2.05, 4.69) is 5.32 Å².